The van der Waals surface area contributed by atoms with Gasteiger partial charge in [-0.2, -0.15) is 0 Å². The summed E-state index contributed by atoms with van der Waals surface area (Å²) in [5.74, 6) is 1.58. The molecule has 0 N–H and O–H groups in total. The van der Waals surface area contributed by atoms with Gasteiger partial charge >= 0.3 is 0 Å². The van der Waals surface area contributed by atoms with Gasteiger partial charge in [0.2, 0.25) is 0 Å². The van der Waals surface area contributed by atoms with Gasteiger partial charge in [-0.05, 0) is 98.0 Å². The van der Waals surface area contributed by atoms with Gasteiger partial charge < -0.3 is 19.3 Å². The third kappa shape index (κ3) is 5.19. The number of hydrogen-bond acceptors (Lipinski definition) is 4. The molecule has 3 aromatic rings. The Morgan fingerprint density at radius 3 is 2.00 bits per heavy atom. The van der Waals surface area contributed by atoms with Crippen molar-refractivity contribution in [1.29, 1.82) is 0 Å². The number of carbonyl (C=O) groups excluding carboxylic acids is 2. The number of nitrogens with zero attached hydrogens (tertiary/aromatic N) is 2. The van der Waals surface area contributed by atoms with Gasteiger partial charge in [-0.3, -0.25) is 9.59 Å². The molecule has 6 heteroatoms. The molecular formula is C33H34N2O4. The SMILES string of the molecule is COc1ccc(C(=O)N2C3=C(CC(C)C=C3)C(N(C(=O)c3ccc(OC)cc3)c3ccccc3)CC2C)cc1. The number of amides is 2. The van der Waals surface area contributed by atoms with Gasteiger partial charge in [-0.1, -0.05) is 31.2 Å². The van der Waals surface area contributed by atoms with Crippen molar-refractivity contribution in [2.45, 2.75) is 38.8 Å². The molecule has 1 aliphatic carbocycles. The van der Waals surface area contributed by atoms with Crippen LogP contribution in [0.4, 0.5) is 5.69 Å². The van der Waals surface area contributed by atoms with E-state index in [9.17, 15) is 9.59 Å². The van der Waals surface area contributed by atoms with E-state index in [-0.39, 0.29) is 23.9 Å². The molecule has 6 nitrogen and oxygen atoms in total. The number of hydrogen-bond donors (Lipinski definition) is 0. The van der Waals surface area contributed by atoms with E-state index in [1.807, 2.05) is 76.5 Å². The van der Waals surface area contributed by atoms with Crippen LogP contribution in [0.1, 0.15) is 47.4 Å². The minimum atomic E-state index is -0.195. The molecule has 3 unspecified atom stereocenters. The molecule has 200 valence electrons. The largest absolute Gasteiger partial charge is 0.497 e. The lowest BCUT2D eigenvalue weighted by atomic mass is 9.81. The molecule has 0 spiro atoms. The van der Waals surface area contributed by atoms with Gasteiger partial charge in [-0.15, -0.1) is 0 Å². The minimum absolute atomic E-state index is 0.0527. The second kappa shape index (κ2) is 11.2. The molecule has 0 aromatic heterocycles. The van der Waals surface area contributed by atoms with Crippen LogP contribution in [0.2, 0.25) is 0 Å². The number of rotatable bonds is 6. The summed E-state index contributed by atoms with van der Waals surface area (Å²) in [6, 6.07) is 23.9. The summed E-state index contributed by atoms with van der Waals surface area (Å²) in [4.78, 5) is 31.8. The number of para-hydroxylation sites is 1. The molecule has 0 fully saturated rings. The van der Waals surface area contributed by atoms with E-state index in [1.165, 1.54) is 0 Å². The Bertz CT molecular complexity index is 1390. The molecule has 2 amide bonds. The van der Waals surface area contributed by atoms with Crippen LogP contribution in [0.15, 0.2) is 102 Å². The number of allylic oxidation sites excluding steroid dienone is 2. The summed E-state index contributed by atoms with van der Waals surface area (Å²) in [7, 11) is 3.22. The van der Waals surface area contributed by atoms with Crippen LogP contribution in [-0.2, 0) is 0 Å². The molecule has 3 atom stereocenters. The summed E-state index contributed by atoms with van der Waals surface area (Å²) >= 11 is 0. The molecular weight excluding hydrogens is 488 g/mol. The van der Waals surface area contributed by atoms with Crippen molar-refractivity contribution in [2.24, 2.45) is 5.92 Å². The van der Waals surface area contributed by atoms with Gasteiger partial charge in [0.1, 0.15) is 11.5 Å². The van der Waals surface area contributed by atoms with Crippen LogP contribution in [0, 0.1) is 5.92 Å². The highest BCUT2D eigenvalue weighted by atomic mass is 16.5. The van der Waals surface area contributed by atoms with Crippen molar-refractivity contribution in [3.63, 3.8) is 0 Å². The van der Waals surface area contributed by atoms with Gasteiger partial charge in [0, 0.05) is 28.6 Å². The lowest BCUT2D eigenvalue weighted by molar-refractivity contribution is 0.0732. The number of anilines is 1. The van der Waals surface area contributed by atoms with Crippen molar-refractivity contribution < 1.29 is 19.1 Å². The molecule has 3 aromatic carbocycles. The van der Waals surface area contributed by atoms with E-state index in [4.69, 9.17) is 9.47 Å². The summed E-state index contributed by atoms with van der Waals surface area (Å²) in [6.45, 7) is 4.23. The maximum atomic E-state index is 14.2. The molecule has 39 heavy (non-hydrogen) atoms. The Balaban J connectivity index is 1.59. The fraction of sp³-hybridized carbons (Fsp3) is 0.273. The van der Waals surface area contributed by atoms with Gasteiger partial charge in [-0.25, -0.2) is 0 Å². The van der Waals surface area contributed by atoms with Crippen LogP contribution in [-0.4, -0.2) is 43.0 Å². The average molecular weight is 523 g/mol. The second-order valence-electron chi connectivity index (χ2n) is 10.2. The molecule has 1 aliphatic heterocycles. The lowest BCUT2D eigenvalue weighted by Crippen LogP contribution is -2.52. The highest BCUT2D eigenvalue weighted by Crippen LogP contribution is 2.40. The van der Waals surface area contributed by atoms with Crippen molar-refractivity contribution in [3.8, 4) is 11.5 Å². The van der Waals surface area contributed by atoms with Crippen LogP contribution in [0.3, 0.4) is 0 Å². The van der Waals surface area contributed by atoms with Crippen molar-refractivity contribution in [3.05, 3.63) is 113 Å². The zero-order valence-electron chi connectivity index (χ0n) is 22.8. The summed E-state index contributed by atoms with van der Waals surface area (Å²) in [5.41, 5.74) is 4.02. The van der Waals surface area contributed by atoms with Gasteiger partial charge in [0.15, 0.2) is 0 Å². The Hall–Kier alpha value is -4.32. The predicted molar refractivity (Wildman–Crippen MR) is 153 cm³/mol. The first-order chi connectivity index (χ1) is 18.9. The topological polar surface area (TPSA) is 59.1 Å². The van der Waals surface area contributed by atoms with Gasteiger partial charge in [0.05, 0.1) is 20.3 Å². The summed E-state index contributed by atoms with van der Waals surface area (Å²) < 4.78 is 10.6. The van der Waals surface area contributed by atoms with Crippen LogP contribution in [0.5, 0.6) is 11.5 Å². The van der Waals surface area contributed by atoms with Crippen LogP contribution in [0.25, 0.3) is 0 Å². The zero-order chi connectivity index (χ0) is 27.5. The van der Waals surface area contributed by atoms with Crippen molar-refractivity contribution >= 4 is 17.5 Å². The number of benzene rings is 3. The third-order valence-corrected chi connectivity index (χ3v) is 7.58. The first kappa shape index (κ1) is 26.3. The summed E-state index contributed by atoms with van der Waals surface area (Å²) in [5, 5.41) is 0. The Morgan fingerprint density at radius 1 is 0.821 bits per heavy atom. The molecule has 0 saturated carbocycles. The van der Waals surface area contributed by atoms with E-state index < -0.39 is 0 Å². The average Bonchev–Trinajstić information content (AvgIpc) is 2.98. The van der Waals surface area contributed by atoms with Crippen molar-refractivity contribution in [1.82, 2.24) is 4.90 Å². The lowest BCUT2D eigenvalue weighted by Gasteiger charge is -2.46. The van der Waals surface area contributed by atoms with Crippen LogP contribution >= 0.6 is 0 Å². The van der Waals surface area contributed by atoms with E-state index in [0.717, 1.165) is 23.4 Å². The monoisotopic (exact) mass is 522 g/mol. The van der Waals surface area contributed by atoms with E-state index in [0.29, 0.717) is 35.0 Å². The smallest absolute Gasteiger partial charge is 0.258 e. The first-order valence-corrected chi connectivity index (χ1v) is 13.3. The minimum Gasteiger partial charge on any atom is -0.497 e. The maximum Gasteiger partial charge on any atom is 0.258 e. The fourth-order valence-corrected chi connectivity index (χ4v) is 5.58. The Labute approximate surface area is 230 Å². The Kier molecular flexibility index (Phi) is 7.55. The van der Waals surface area contributed by atoms with E-state index in [1.54, 1.807) is 26.4 Å². The quantitative estimate of drug-likeness (QED) is 0.371. The number of methoxy groups -OCH3 is 2. The highest BCUT2D eigenvalue weighted by molar-refractivity contribution is 6.07. The maximum absolute atomic E-state index is 14.2. The predicted octanol–water partition coefficient (Wildman–Crippen LogP) is 6.50. The zero-order valence-corrected chi connectivity index (χ0v) is 22.8. The number of carbonyl (C=O) groups is 2. The molecule has 2 aliphatic rings. The van der Waals surface area contributed by atoms with Crippen LogP contribution < -0.4 is 14.4 Å². The van der Waals surface area contributed by atoms with Crippen molar-refractivity contribution in [2.75, 3.05) is 19.1 Å². The first-order valence-electron chi connectivity index (χ1n) is 13.3. The molecule has 5 rings (SSSR count). The Morgan fingerprint density at radius 2 is 1.41 bits per heavy atom. The molecule has 0 saturated heterocycles. The third-order valence-electron chi connectivity index (χ3n) is 7.58. The van der Waals surface area contributed by atoms with E-state index in [2.05, 4.69) is 26.0 Å². The highest BCUT2D eigenvalue weighted by Gasteiger charge is 2.41. The van der Waals surface area contributed by atoms with Gasteiger partial charge in [0.25, 0.3) is 11.8 Å². The normalized spacial score (nSPS) is 20.3. The van der Waals surface area contributed by atoms with E-state index >= 15 is 0 Å². The standard InChI is InChI=1S/C33H34N2O4/c1-22-10-19-30-29(20-22)31(21-23(2)34(30)32(36)24-11-15-27(38-3)16-12-24)35(26-8-6-5-7-9-26)33(37)25-13-17-28(39-4)18-14-25/h5-19,22-23,31H,20-21H2,1-4H3. The number of ether oxygens (including phenoxy) is 2. The summed E-state index contributed by atoms with van der Waals surface area (Å²) in [6.07, 6.45) is 5.61. The second-order valence-corrected chi connectivity index (χ2v) is 10.2. The fourth-order valence-electron chi connectivity index (χ4n) is 5.58. The molecule has 1 heterocycles. The molecule has 0 radical (unpaired) electrons. The molecule has 0 bridgehead atoms.